The lowest BCUT2D eigenvalue weighted by atomic mass is 10.0. The largest absolute Gasteiger partial charge is 0.292 e. The van der Waals surface area contributed by atoms with E-state index in [1.807, 2.05) is 30.3 Å². The van der Waals surface area contributed by atoms with Gasteiger partial charge in [0.15, 0.2) is 5.78 Å². The lowest BCUT2D eigenvalue weighted by Gasteiger charge is -2.24. The first-order chi connectivity index (χ1) is 8.33. The maximum absolute atomic E-state index is 12.4. The summed E-state index contributed by atoms with van der Waals surface area (Å²) in [6.07, 6.45) is 8.23. The van der Waals surface area contributed by atoms with Crippen LogP contribution >= 0.6 is 0 Å². The summed E-state index contributed by atoms with van der Waals surface area (Å²) in [5.41, 5.74) is 0.764. The van der Waals surface area contributed by atoms with Crippen molar-refractivity contribution >= 4 is 5.78 Å². The van der Waals surface area contributed by atoms with Gasteiger partial charge in [0, 0.05) is 12.0 Å². The second kappa shape index (κ2) is 5.65. The molecule has 0 spiro atoms. The Hall–Kier alpha value is -1.59. The SMILES string of the molecule is C#CCC(C(=O)c1ccccc1)N1CCCC1. The smallest absolute Gasteiger partial charge is 0.180 e. The second-order valence-corrected chi connectivity index (χ2v) is 4.40. The number of rotatable bonds is 4. The van der Waals surface area contributed by atoms with Gasteiger partial charge in [0.2, 0.25) is 0 Å². The van der Waals surface area contributed by atoms with E-state index in [9.17, 15) is 4.79 Å². The molecule has 0 aromatic heterocycles. The minimum absolute atomic E-state index is 0.134. The molecule has 1 aliphatic heterocycles. The van der Waals surface area contributed by atoms with Crippen molar-refractivity contribution in [3.63, 3.8) is 0 Å². The van der Waals surface area contributed by atoms with E-state index in [2.05, 4.69) is 10.8 Å². The van der Waals surface area contributed by atoms with Gasteiger partial charge in [0.05, 0.1) is 6.04 Å². The van der Waals surface area contributed by atoms with Crippen LogP contribution in [0.2, 0.25) is 0 Å². The molecule has 1 aliphatic rings. The molecule has 2 heteroatoms. The van der Waals surface area contributed by atoms with E-state index in [-0.39, 0.29) is 11.8 Å². The van der Waals surface area contributed by atoms with Crippen LogP contribution in [0.3, 0.4) is 0 Å². The molecule has 1 fully saturated rings. The third kappa shape index (κ3) is 2.75. The van der Waals surface area contributed by atoms with Crippen LogP contribution in [0.15, 0.2) is 30.3 Å². The molecule has 0 bridgehead atoms. The highest BCUT2D eigenvalue weighted by molar-refractivity contribution is 6.00. The zero-order chi connectivity index (χ0) is 12.1. The predicted molar refractivity (Wildman–Crippen MR) is 68.8 cm³/mol. The third-order valence-electron chi connectivity index (χ3n) is 3.25. The minimum atomic E-state index is -0.134. The molecule has 2 nitrogen and oxygen atoms in total. The summed E-state index contributed by atoms with van der Waals surface area (Å²) >= 11 is 0. The Morgan fingerprint density at radius 1 is 1.29 bits per heavy atom. The van der Waals surface area contributed by atoms with Crippen LogP contribution in [-0.4, -0.2) is 29.8 Å². The van der Waals surface area contributed by atoms with Gasteiger partial charge < -0.3 is 0 Å². The fourth-order valence-corrected chi connectivity index (χ4v) is 2.35. The quantitative estimate of drug-likeness (QED) is 0.581. The third-order valence-corrected chi connectivity index (χ3v) is 3.25. The maximum atomic E-state index is 12.4. The number of hydrogen-bond donors (Lipinski definition) is 0. The number of ketones is 1. The summed E-state index contributed by atoms with van der Waals surface area (Å²) in [4.78, 5) is 14.6. The molecule has 1 saturated heterocycles. The van der Waals surface area contributed by atoms with Gasteiger partial charge in [-0.25, -0.2) is 0 Å². The fourth-order valence-electron chi connectivity index (χ4n) is 2.35. The number of carbonyl (C=O) groups excluding carboxylic acids is 1. The van der Waals surface area contributed by atoms with E-state index < -0.39 is 0 Å². The Bertz CT molecular complexity index is 412. The van der Waals surface area contributed by atoms with Gasteiger partial charge in [-0.15, -0.1) is 12.3 Å². The van der Waals surface area contributed by atoms with Gasteiger partial charge in [-0.1, -0.05) is 30.3 Å². The fraction of sp³-hybridized carbons (Fsp3) is 0.400. The van der Waals surface area contributed by atoms with E-state index in [1.165, 1.54) is 12.8 Å². The molecule has 1 aromatic rings. The lowest BCUT2D eigenvalue weighted by Crippen LogP contribution is -2.39. The Balaban J connectivity index is 2.16. The normalized spacial score (nSPS) is 17.6. The van der Waals surface area contributed by atoms with E-state index in [4.69, 9.17) is 6.42 Å². The molecule has 0 saturated carbocycles. The van der Waals surface area contributed by atoms with Crippen molar-refractivity contribution in [3.8, 4) is 12.3 Å². The maximum Gasteiger partial charge on any atom is 0.180 e. The summed E-state index contributed by atoms with van der Waals surface area (Å²) in [6, 6.07) is 9.30. The average Bonchev–Trinajstić information content (AvgIpc) is 2.90. The molecular weight excluding hydrogens is 210 g/mol. The van der Waals surface area contributed by atoms with Crippen LogP contribution in [-0.2, 0) is 0 Å². The summed E-state index contributed by atoms with van der Waals surface area (Å²) in [5, 5.41) is 0. The van der Waals surface area contributed by atoms with E-state index >= 15 is 0 Å². The molecule has 0 aliphatic carbocycles. The predicted octanol–water partition coefficient (Wildman–Crippen LogP) is 2.36. The molecule has 1 atom stereocenters. The number of likely N-dealkylation sites (tertiary alicyclic amines) is 1. The Morgan fingerprint density at radius 2 is 1.94 bits per heavy atom. The Labute approximate surface area is 103 Å². The highest BCUT2D eigenvalue weighted by atomic mass is 16.1. The van der Waals surface area contributed by atoms with Crippen LogP contribution in [0.4, 0.5) is 0 Å². The molecule has 0 N–H and O–H groups in total. The van der Waals surface area contributed by atoms with Gasteiger partial charge in [-0.05, 0) is 25.9 Å². The molecule has 0 amide bonds. The summed E-state index contributed by atoms with van der Waals surface area (Å²) < 4.78 is 0. The highest BCUT2D eigenvalue weighted by Gasteiger charge is 2.27. The van der Waals surface area contributed by atoms with Crippen LogP contribution in [0.5, 0.6) is 0 Å². The Morgan fingerprint density at radius 3 is 2.53 bits per heavy atom. The monoisotopic (exact) mass is 227 g/mol. The number of carbonyl (C=O) groups is 1. The van der Waals surface area contributed by atoms with Gasteiger partial charge in [-0.3, -0.25) is 9.69 Å². The molecular formula is C15H17NO. The second-order valence-electron chi connectivity index (χ2n) is 4.40. The van der Waals surface area contributed by atoms with Crippen LogP contribution in [0.1, 0.15) is 29.6 Å². The van der Waals surface area contributed by atoms with Crippen molar-refractivity contribution < 1.29 is 4.79 Å². The molecule has 2 rings (SSSR count). The van der Waals surface area contributed by atoms with Crippen molar-refractivity contribution in [1.82, 2.24) is 4.90 Å². The van der Waals surface area contributed by atoms with Gasteiger partial charge in [0.25, 0.3) is 0 Å². The van der Waals surface area contributed by atoms with E-state index in [0.717, 1.165) is 18.7 Å². The number of benzene rings is 1. The molecule has 88 valence electrons. The summed E-state index contributed by atoms with van der Waals surface area (Å²) in [6.45, 7) is 1.98. The molecule has 1 heterocycles. The van der Waals surface area contributed by atoms with Crippen molar-refractivity contribution in [3.05, 3.63) is 35.9 Å². The Kier molecular flexibility index (Phi) is 3.95. The average molecular weight is 227 g/mol. The van der Waals surface area contributed by atoms with Crippen LogP contribution in [0, 0.1) is 12.3 Å². The number of hydrogen-bond acceptors (Lipinski definition) is 2. The summed E-state index contributed by atoms with van der Waals surface area (Å²) in [7, 11) is 0. The first-order valence-corrected chi connectivity index (χ1v) is 6.09. The van der Waals surface area contributed by atoms with E-state index in [0.29, 0.717) is 6.42 Å². The number of Topliss-reactive ketones (excluding diaryl/α,β-unsaturated/α-hetero) is 1. The number of terminal acetylenes is 1. The van der Waals surface area contributed by atoms with Gasteiger partial charge >= 0.3 is 0 Å². The van der Waals surface area contributed by atoms with E-state index in [1.54, 1.807) is 0 Å². The lowest BCUT2D eigenvalue weighted by molar-refractivity contribution is 0.0853. The zero-order valence-corrected chi connectivity index (χ0v) is 9.93. The van der Waals surface area contributed by atoms with Crippen molar-refractivity contribution in [2.75, 3.05) is 13.1 Å². The van der Waals surface area contributed by atoms with Crippen LogP contribution < -0.4 is 0 Å². The molecule has 1 aromatic carbocycles. The molecule has 1 unspecified atom stereocenters. The van der Waals surface area contributed by atoms with Crippen molar-refractivity contribution in [2.45, 2.75) is 25.3 Å². The van der Waals surface area contributed by atoms with Crippen molar-refractivity contribution in [1.29, 1.82) is 0 Å². The summed E-state index contributed by atoms with van der Waals surface area (Å²) in [5.74, 6) is 2.79. The first kappa shape index (κ1) is 11.9. The number of nitrogens with zero attached hydrogens (tertiary/aromatic N) is 1. The van der Waals surface area contributed by atoms with Gasteiger partial charge in [0.1, 0.15) is 0 Å². The minimum Gasteiger partial charge on any atom is -0.292 e. The topological polar surface area (TPSA) is 20.3 Å². The van der Waals surface area contributed by atoms with Crippen molar-refractivity contribution in [2.24, 2.45) is 0 Å². The highest BCUT2D eigenvalue weighted by Crippen LogP contribution is 2.17. The molecule has 17 heavy (non-hydrogen) atoms. The first-order valence-electron chi connectivity index (χ1n) is 6.09. The van der Waals surface area contributed by atoms with Crippen LogP contribution in [0.25, 0.3) is 0 Å². The molecule has 0 radical (unpaired) electrons. The zero-order valence-electron chi connectivity index (χ0n) is 9.93. The standard InChI is InChI=1S/C15H17NO/c1-2-8-14(16-11-6-7-12-16)15(17)13-9-4-3-5-10-13/h1,3-5,9-10,14H,6-8,11-12H2. The van der Waals surface area contributed by atoms with Gasteiger partial charge in [-0.2, -0.15) is 0 Å².